The van der Waals surface area contributed by atoms with Gasteiger partial charge < -0.3 is 25.3 Å². The van der Waals surface area contributed by atoms with Gasteiger partial charge in [0, 0.05) is 29.8 Å². The second-order valence-corrected chi connectivity index (χ2v) is 7.49. The number of hydrogen-bond donors (Lipinski definition) is 2. The molecule has 4 rings (SSSR count). The van der Waals surface area contributed by atoms with Crippen LogP contribution >= 0.6 is 0 Å². The molecule has 1 unspecified atom stereocenters. The molecule has 0 spiro atoms. The molecule has 0 amide bonds. The van der Waals surface area contributed by atoms with Crippen molar-refractivity contribution < 1.29 is 14.2 Å². The first kappa shape index (κ1) is 21.5. The highest BCUT2D eigenvalue weighted by molar-refractivity contribution is 5.66. The van der Waals surface area contributed by atoms with Crippen molar-refractivity contribution >= 4 is 6.08 Å². The van der Waals surface area contributed by atoms with Crippen LogP contribution in [0.25, 0.3) is 6.08 Å². The summed E-state index contributed by atoms with van der Waals surface area (Å²) >= 11 is 0. The predicted molar refractivity (Wildman–Crippen MR) is 124 cm³/mol. The molecule has 3 N–H and O–H groups in total. The molecule has 2 heterocycles. The molecule has 2 aromatic rings. The number of nitrogens with two attached hydrogens (primary N) is 1. The number of ether oxygens (including phenoxy) is 3. The van der Waals surface area contributed by atoms with E-state index in [2.05, 4.69) is 17.5 Å². The van der Waals surface area contributed by atoms with Gasteiger partial charge in [-0.2, -0.15) is 5.26 Å². The quantitative estimate of drug-likeness (QED) is 0.714. The van der Waals surface area contributed by atoms with E-state index < -0.39 is 0 Å². The highest BCUT2D eigenvalue weighted by Gasteiger charge is 2.37. The zero-order valence-corrected chi connectivity index (χ0v) is 18.4. The summed E-state index contributed by atoms with van der Waals surface area (Å²) in [5.74, 6) is 2.05. The molecule has 0 saturated carbocycles. The Balaban J connectivity index is 1.85. The maximum atomic E-state index is 9.92. The van der Waals surface area contributed by atoms with Gasteiger partial charge in [0.25, 0.3) is 0 Å². The van der Waals surface area contributed by atoms with Gasteiger partial charge in [-0.3, -0.25) is 0 Å². The van der Waals surface area contributed by atoms with Crippen LogP contribution < -0.4 is 20.5 Å². The Bertz CT molecular complexity index is 1140. The average Bonchev–Trinajstić information content (AvgIpc) is 2.81. The zero-order valence-electron chi connectivity index (χ0n) is 18.4. The van der Waals surface area contributed by atoms with Gasteiger partial charge in [0.2, 0.25) is 5.88 Å². The Morgan fingerprint density at radius 2 is 1.75 bits per heavy atom. The monoisotopic (exact) mass is 429 g/mol. The summed E-state index contributed by atoms with van der Waals surface area (Å²) in [7, 11) is 0. The number of nitriles is 1. The smallest absolute Gasteiger partial charge is 0.205 e. The van der Waals surface area contributed by atoms with Gasteiger partial charge in [-0.15, -0.1) is 0 Å². The molecule has 1 atom stereocenters. The first-order chi connectivity index (χ1) is 15.7. The van der Waals surface area contributed by atoms with Crippen molar-refractivity contribution in [3.63, 3.8) is 0 Å². The Morgan fingerprint density at radius 1 is 1.06 bits per heavy atom. The number of nitrogens with zero attached hydrogens (tertiary/aromatic N) is 1. The van der Waals surface area contributed by atoms with Gasteiger partial charge in [0.05, 0.1) is 19.1 Å². The van der Waals surface area contributed by atoms with Crippen molar-refractivity contribution in [2.24, 2.45) is 5.73 Å². The molecular weight excluding hydrogens is 402 g/mol. The van der Waals surface area contributed by atoms with Gasteiger partial charge in [-0.25, -0.2) is 0 Å². The van der Waals surface area contributed by atoms with Crippen LogP contribution in [0.2, 0.25) is 0 Å². The molecule has 0 radical (unpaired) electrons. The Kier molecular flexibility index (Phi) is 6.48. The Labute approximate surface area is 188 Å². The average molecular weight is 430 g/mol. The maximum absolute atomic E-state index is 9.92. The van der Waals surface area contributed by atoms with Crippen LogP contribution in [0.5, 0.6) is 11.5 Å². The second-order valence-electron chi connectivity index (χ2n) is 7.49. The Morgan fingerprint density at radius 3 is 2.50 bits per heavy atom. The molecule has 164 valence electrons. The first-order valence-electron chi connectivity index (χ1n) is 10.8. The summed E-state index contributed by atoms with van der Waals surface area (Å²) < 4.78 is 17.7. The van der Waals surface area contributed by atoms with Gasteiger partial charge >= 0.3 is 0 Å². The van der Waals surface area contributed by atoms with Crippen LogP contribution in [-0.2, 0) is 4.74 Å². The molecule has 6 nitrogen and oxygen atoms in total. The van der Waals surface area contributed by atoms with Crippen LogP contribution in [0, 0.1) is 11.3 Å². The summed E-state index contributed by atoms with van der Waals surface area (Å²) in [6, 6.07) is 17.9. The lowest BCUT2D eigenvalue weighted by Gasteiger charge is -2.34. The standard InChI is InChI=1S/C26H27N3O3/c1-3-30-22-11-7-5-9-17(22)13-18-15-29-16-21-24(20(14-27)26(28)32-25(18)21)19-10-6-8-12-23(19)31-4-2/h5-13,24,29H,3-4,15-16,28H2,1-2H3/b18-13+. The van der Waals surface area contributed by atoms with E-state index in [9.17, 15) is 5.26 Å². The van der Waals surface area contributed by atoms with E-state index in [1.807, 2.05) is 62.4 Å². The minimum absolute atomic E-state index is 0.133. The summed E-state index contributed by atoms with van der Waals surface area (Å²) in [6.07, 6.45) is 2.06. The van der Waals surface area contributed by atoms with Crippen LogP contribution in [0.4, 0.5) is 0 Å². The normalized spacial score (nSPS) is 19.3. The molecule has 6 heteroatoms. The molecule has 0 aliphatic carbocycles. The minimum Gasteiger partial charge on any atom is -0.494 e. The van der Waals surface area contributed by atoms with Crippen molar-refractivity contribution in [2.75, 3.05) is 26.3 Å². The third kappa shape index (κ3) is 4.08. The molecule has 2 aliphatic rings. The van der Waals surface area contributed by atoms with Crippen molar-refractivity contribution in [1.29, 1.82) is 5.26 Å². The van der Waals surface area contributed by atoms with Gasteiger partial charge in [-0.05, 0) is 37.6 Å². The summed E-state index contributed by atoms with van der Waals surface area (Å²) in [4.78, 5) is 0. The fraction of sp³-hybridized carbons (Fsp3) is 0.269. The molecule has 2 aromatic carbocycles. The van der Waals surface area contributed by atoms with Crippen molar-refractivity contribution in [3.8, 4) is 17.6 Å². The van der Waals surface area contributed by atoms with Gasteiger partial charge in [-0.1, -0.05) is 36.4 Å². The third-order valence-corrected chi connectivity index (χ3v) is 5.53. The van der Waals surface area contributed by atoms with E-state index in [1.165, 1.54) is 0 Å². The zero-order chi connectivity index (χ0) is 22.5. The highest BCUT2D eigenvalue weighted by Crippen LogP contribution is 2.45. The molecule has 0 fully saturated rings. The van der Waals surface area contributed by atoms with Crippen molar-refractivity contribution in [2.45, 2.75) is 19.8 Å². The number of hydrogen-bond acceptors (Lipinski definition) is 6. The van der Waals surface area contributed by atoms with Crippen LogP contribution in [0.3, 0.4) is 0 Å². The molecular formula is C26H27N3O3. The maximum Gasteiger partial charge on any atom is 0.205 e. The largest absolute Gasteiger partial charge is 0.494 e. The van der Waals surface area contributed by atoms with Gasteiger partial charge in [0.1, 0.15) is 28.9 Å². The van der Waals surface area contributed by atoms with E-state index in [-0.39, 0.29) is 11.8 Å². The lowest BCUT2D eigenvalue weighted by Crippen LogP contribution is -2.34. The molecule has 0 bridgehead atoms. The van der Waals surface area contributed by atoms with E-state index in [0.29, 0.717) is 37.6 Å². The lowest BCUT2D eigenvalue weighted by atomic mass is 9.80. The van der Waals surface area contributed by atoms with Crippen molar-refractivity contribution in [3.05, 3.63) is 88.0 Å². The summed E-state index contributed by atoms with van der Waals surface area (Å²) in [6.45, 7) is 6.23. The van der Waals surface area contributed by atoms with Crippen LogP contribution in [0.15, 0.2) is 76.9 Å². The number of nitrogens with one attached hydrogen (secondary N) is 1. The number of allylic oxidation sites excluding steroid dienone is 1. The topological polar surface area (TPSA) is 89.5 Å². The SMILES string of the molecule is CCOc1ccccc1/C=C1\CNCC2=C1OC(N)=C(C#N)C2c1ccccc1OCC. The number of para-hydroxylation sites is 2. The van der Waals surface area contributed by atoms with Crippen molar-refractivity contribution in [1.82, 2.24) is 5.32 Å². The van der Waals surface area contributed by atoms with E-state index in [4.69, 9.17) is 19.9 Å². The van der Waals surface area contributed by atoms with Gasteiger partial charge in [0.15, 0.2) is 0 Å². The Hall–Kier alpha value is -3.69. The highest BCUT2D eigenvalue weighted by atomic mass is 16.5. The number of rotatable bonds is 6. The van der Waals surface area contributed by atoms with E-state index in [1.54, 1.807) is 0 Å². The fourth-order valence-corrected chi connectivity index (χ4v) is 4.20. The summed E-state index contributed by atoms with van der Waals surface area (Å²) in [5.41, 5.74) is 10.5. The van der Waals surface area contributed by atoms with Crippen LogP contribution in [0.1, 0.15) is 30.9 Å². The lowest BCUT2D eigenvalue weighted by molar-refractivity contribution is 0.277. The molecule has 32 heavy (non-hydrogen) atoms. The second kappa shape index (κ2) is 9.63. The fourth-order valence-electron chi connectivity index (χ4n) is 4.20. The third-order valence-electron chi connectivity index (χ3n) is 5.53. The molecule has 0 saturated heterocycles. The summed E-state index contributed by atoms with van der Waals surface area (Å²) in [5, 5.41) is 13.4. The molecule has 2 aliphatic heterocycles. The van der Waals surface area contributed by atoms with E-state index >= 15 is 0 Å². The van der Waals surface area contributed by atoms with Crippen LogP contribution in [-0.4, -0.2) is 26.3 Å². The van der Waals surface area contributed by atoms with E-state index in [0.717, 1.165) is 33.8 Å². The number of benzene rings is 2. The predicted octanol–water partition coefficient (Wildman–Crippen LogP) is 4.23. The first-order valence-corrected chi connectivity index (χ1v) is 10.8. The minimum atomic E-state index is -0.343. The molecule has 0 aromatic heterocycles.